The van der Waals surface area contributed by atoms with E-state index in [1.165, 1.54) is 0 Å². The van der Waals surface area contributed by atoms with Crippen molar-refractivity contribution in [1.82, 2.24) is 14.5 Å². The van der Waals surface area contributed by atoms with E-state index in [-0.39, 0.29) is 22.4 Å². The molecule has 2 heterocycles. The third-order valence-electron chi connectivity index (χ3n) is 9.83. The van der Waals surface area contributed by atoms with Crippen LogP contribution in [0.5, 0.6) is 5.75 Å². The minimum Gasteiger partial charge on any atom is -0.507 e. The van der Waals surface area contributed by atoms with Crippen molar-refractivity contribution in [3.63, 3.8) is 0 Å². The summed E-state index contributed by atoms with van der Waals surface area (Å²) < 4.78 is 87.5. The van der Waals surface area contributed by atoms with Gasteiger partial charge in [0.25, 0.3) is 0 Å². The normalized spacial score (nSPS) is 14.8. The molecule has 0 unspecified atom stereocenters. The van der Waals surface area contributed by atoms with Crippen molar-refractivity contribution >= 4 is 11.0 Å². The van der Waals surface area contributed by atoms with Gasteiger partial charge in [-0.25, -0.2) is 4.98 Å². The van der Waals surface area contributed by atoms with Crippen LogP contribution in [0.4, 0.5) is 0 Å². The van der Waals surface area contributed by atoms with Crippen molar-refractivity contribution in [3.8, 4) is 67.5 Å². The minimum absolute atomic E-state index is 0.0369. The molecule has 0 atom stereocenters. The monoisotopic (exact) mass is 727 g/mol. The van der Waals surface area contributed by atoms with E-state index in [1.807, 2.05) is 87.5 Å². The Balaban J connectivity index is 1.41. The van der Waals surface area contributed by atoms with Gasteiger partial charge in [-0.1, -0.05) is 138 Å². The molecule has 0 spiro atoms. The summed E-state index contributed by atoms with van der Waals surface area (Å²) in [7, 11) is 0. The molecule has 0 bridgehead atoms. The lowest BCUT2D eigenvalue weighted by molar-refractivity contribution is 0.477. The number of benzene rings is 6. The number of aromatic hydroxyl groups is 1. The van der Waals surface area contributed by atoms with Crippen molar-refractivity contribution in [1.29, 1.82) is 0 Å². The van der Waals surface area contributed by atoms with Crippen LogP contribution in [0.2, 0.25) is 0 Å². The van der Waals surface area contributed by atoms with Gasteiger partial charge in [-0.3, -0.25) is 9.55 Å². The van der Waals surface area contributed by atoms with E-state index in [0.717, 1.165) is 39.0 Å². The van der Waals surface area contributed by atoms with Gasteiger partial charge in [0.1, 0.15) is 11.6 Å². The summed E-state index contributed by atoms with van der Waals surface area (Å²) in [5.74, 6) is 0.568. The van der Waals surface area contributed by atoms with Crippen LogP contribution in [0, 0.1) is 6.85 Å². The van der Waals surface area contributed by atoms with Crippen molar-refractivity contribution < 1.29 is 18.8 Å². The maximum atomic E-state index is 11.4. The first-order valence-electron chi connectivity index (χ1n) is 23.2. The molecule has 0 fully saturated rings. The molecule has 0 aliphatic heterocycles. The summed E-state index contributed by atoms with van der Waals surface area (Å²) in [4.78, 5) is 9.74. The van der Waals surface area contributed by atoms with Crippen molar-refractivity contribution in [2.24, 2.45) is 0 Å². The average Bonchev–Trinajstić information content (AvgIpc) is 3.64. The summed E-state index contributed by atoms with van der Waals surface area (Å²) in [6.45, 7) is 9.66. The van der Waals surface area contributed by atoms with E-state index >= 15 is 0 Å². The van der Waals surface area contributed by atoms with Gasteiger partial charge in [-0.2, -0.15) is 0 Å². The Bertz CT molecular complexity index is 3170. The molecule has 272 valence electrons. The predicted molar refractivity (Wildman–Crippen MR) is 230 cm³/mol. The van der Waals surface area contributed by atoms with Crippen LogP contribution in [-0.2, 0) is 10.8 Å². The van der Waals surface area contributed by atoms with Crippen LogP contribution in [-0.4, -0.2) is 19.6 Å². The molecule has 4 heteroatoms. The number of pyridine rings is 1. The molecule has 8 rings (SSSR count). The molecule has 0 saturated carbocycles. The summed E-state index contributed by atoms with van der Waals surface area (Å²) in [5, 5.41) is 11.4. The Morgan fingerprint density at radius 3 is 2.00 bits per heavy atom. The van der Waals surface area contributed by atoms with E-state index < -0.39 is 65.8 Å². The highest BCUT2D eigenvalue weighted by molar-refractivity contribution is 5.97. The fraction of sp³-hybridized carbons (Fsp3) is 0.176. The predicted octanol–water partition coefficient (Wildman–Crippen LogP) is 13.4. The third-order valence-corrected chi connectivity index (χ3v) is 9.83. The van der Waals surface area contributed by atoms with E-state index in [9.17, 15) is 6.48 Å². The molecular formula is C51H47N3O. The molecule has 0 aliphatic carbocycles. The molecule has 1 N–H and O–H groups in total. The maximum Gasteiger partial charge on any atom is 0.149 e. The lowest BCUT2D eigenvalue weighted by atomic mass is 9.83. The van der Waals surface area contributed by atoms with E-state index in [4.69, 9.17) is 17.3 Å². The van der Waals surface area contributed by atoms with Gasteiger partial charge in [0, 0.05) is 27.1 Å². The number of hydrogen-bond donors (Lipinski definition) is 1. The zero-order chi connectivity index (χ0) is 47.1. The van der Waals surface area contributed by atoms with Crippen LogP contribution >= 0.6 is 0 Å². The molecule has 0 saturated heterocycles. The first kappa shape index (κ1) is 25.7. The fourth-order valence-corrected chi connectivity index (χ4v) is 6.78. The van der Waals surface area contributed by atoms with Crippen LogP contribution < -0.4 is 0 Å². The standard InChI is InChI=1S/C51H47N3O/c1-33-20-22-35(23-21-33)36-24-25-52-45(31-36)39-26-38(28-40(29-39)50(2,3)4)43-17-13-18-46-48(43)53-49(44-16-11-12-19-47(44)55)54(46)42-30-37(34-14-9-8-10-15-34)27-41(32-42)51(5,6)7/h8-32,55H,1-7H3/i1D3,20D,21D,22D,23D,24D,25D,31D. The Morgan fingerprint density at radius 2 is 1.27 bits per heavy atom. The summed E-state index contributed by atoms with van der Waals surface area (Å²) in [6, 6.07) is 31.2. The first-order chi connectivity index (χ1) is 30.5. The van der Waals surface area contributed by atoms with Crippen molar-refractivity contribution in [3.05, 3.63) is 168 Å². The number of imidazole rings is 1. The second kappa shape index (κ2) is 13.9. The van der Waals surface area contributed by atoms with Gasteiger partial charge in [0.05, 0.1) is 31.9 Å². The second-order valence-electron chi connectivity index (χ2n) is 15.8. The van der Waals surface area contributed by atoms with Crippen LogP contribution in [0.1, 0.15) is 71.9 Å². The average molecular weight is 728 g/mol. The molecule has 6 aromatic carbocycles. The Hall–Kier alpha value is -6.26. The lowest BCUT2D eigenvalue weighted by Crippen LogP contribution is -2.12. The van der Waals surface area contributed by atoms with Crippen LogP contribution in [0.25, 0.3) is 72.7 Å². The number of rotatable bonds is 6. The zero-order valence-electron chi connectivity index (χ0n) is 41.7. The number of aromatic nitrogens is 3. The number of phenolic OH excluding ortho intramolecular Hbond substituents is 1. The van der Waals surface area contributed by atoms with E-state index in [1.54, 1.807) is 12.1 Å². The Morgan fingerprint density at radius 1 is 0.600 bits per heavy atom. The highest BCUT2D eigenvalue weighted by atomic mass is 16.3. The fourth-order valence-electron chi connectivity index (χ4n) is 6.78. The number of para-hydroxylation sites is 2. The summed E-state index contributed by atoms with van der Waals surface area (Å²) in [6.07, 6.45) is -0.564. The van der Waals surface area contributed by atoms with Gasteiger partial charge in [0.2, 0.25) is 0 Å². The molecule has 0 radical (unpaired) electrons. The summed E-state index contributed by atoms with van der Waals surface area (Å²) >= 11 is 0. The minimum atomic E-state index is -2.96. The maximum absolute atomic E-state index is 11.4. The molecule has 2 aromatic heterocycles. The molecule has 0 aliphatic rings. The Labute approximate surface area is 338 Å². The van der Waals surface area contributed by atoms with E-state index in [0.29, 0.717) is 28.0 Å². The second-order valence-corrected chi connectivity index (χ2v) is 15.8. The van der Waals surface area contributed by atoms with Gasteiger partial charge < -0.3 is 5.11 Å². The van der Waals surface area contributed by atoms with Crippen LogP contribution in [0.3, 0.4) is 0 Å². The lowest BCUT2D eigenvalue weighted by Gasteiger charge is -2.23. The SMILES string of the molecule is [2H]c1nc(-c2cc(-c3cccc4c3nc(-c3ccccc3O)n4-c3cc(-c4ccccc4)cc(C(C)(C)C)c3)cc(C(C)(C)C)c2)c([2H])c(-c2c([2H])c([2H])c(C([2H])([2H])[2H])c([2H])c2[2H])c1[2H]. The van der Waals surface area contributed by atoms with Crippen molar-refractivity contribution in [2.75, 3.05) is 0 Å². The van der Waals surface area contributed by atoms with Gasteiger partial charge in [-0.15, -0.1) is 0 Å². The number of fused-ring (bicyclic) bond motifs is 1. The molecule has 8 aromatic rings. The molecule has 4 nitrogen and oxygen atoms in total. The third kappa shape index (κ3) is 7.08. The van der Waals surface area contributed by atoms with Gasteiger partial charge in [-0.05, 0) is 111 Å². The first-order valence-corrected chi connectivity index (χ1v) is 18.2. The quantitative estimate of drug-likeness (QED) is 0.186. The van der Waals surface area contributed by atoms with Gasteiger partial charge in [0.15, 0.2) is 0 Å². The number of phenols is 1. The summed E-state index contributed by atoms with van der Waals surface area (Å²) in [5.41, 5.74) is 6.24. The topological polar surface area (TPSA) is 50.9 Å². The highest BCUT2D eigenvalue weighted by Gasteiger charge is 2.24. The van der Waals surface area contributed by atoms with Crippen LogP contribution in [0.15, 0.2) is 152 Å². The smallest absolute Gasteiger partial charge is 0.149 e. The molecular weight excluding hydrogens is 671 g/mol. The van der Waals surface area contributed by atoms with Gasteiger partial charge >= 0.3 is 0 Å². The number of hydrogen-bond acceptors (Lipinski definition) is 3. The van der Waals surface area contributed by atoms with E-state index in [2.05, 4.69) is 60.7 Å². The number of nitrogens with zero attached hydrogens (tertiary/aromatic N) is 3. The molecule has 55 heavy (non-hydrogen) atoms. The van der Waals surface area contributed by atoms with Crippen molar-refractivity contribution in [2.45, 2.75) is 59.2 Å². The largest absolute Gasteiger partial charge is 0.507 e. The highest BCUT2D eigenvalue weighted by Crippen LogP contribution is 2.41. The zero-order valence-corrected chi connectivity index (χ0v) is 31.7. The molecule has 0 amide bonds. The Kier molecular flexibility index (Phi) is 6.48.